The van der Waals surface area contributed by atoms with Gasteiger partial charge in [0.15, 0.2) is 5.82 Å². The second-order valence-electron chi connectivity index (χ2n) is 6.45. The van der Waals surface area contributed by atoms with E-state index in [1.807, 2.05) is 36.4 Å². The lowest BCUT2D eigenvalue weighted by molar-refractivity contribution is 0.124. The first-order chi connectivity index (χ1) is 12.4. The lowest BCUT2D eigenvalue weighted by Gasteiger charge is -2.11. The molecule has 1 saturated carbocycles. The minimum absolute atomic E-state index is 0.694. The van der Waals surface area contributed by atoms with Gasteiger partial charge in [0.2, 0.25) is 0 Å². The van der Waals surface area contributed by atoms with Gasteiger partial charge in [-0.05, 0) is 49.4 Å². The number of nitrogens with zero attached hydrogens (tertiary/aromatic N) is 3. The third-order valence-corrected chi connectivity index (χ3v) is 4.33. The molecule has 128 valence electrons. The molecule has 5 nitrogen and oxygen atoms in total. The number of hydrogen-bond acceptors (Lipinski definition) is 5. The second-order valence-corrected chi connectivity index (χ2v) is 6.45. The number of fused-ring (bicyclic) bond motifs is 1. The molecule has 0 unspecified atom stereocenters. The van der Waals surface area contributed by atoms with Gasteiger partial charge in [-0.2, -0.15) is 0 Å². The van der Waals surface area contributed by atoms with Crippen LogP contribution >= 0.6 is 0 Å². The van der Waals surface area contributed by atoms with Crippen LogP contribution in [0.4, 0.5) is 5.82 Å². The van der Waals surface area contributed by atoms with Gasteiger partial charge in [-0.25, -0.2) is 9.97 Å². The summed E-state index contributed by atoms with van der Waals surface area (Å²) in [6.45, 7) is 2.54. The Morgan fingerprint density at radius 2 is 2.00 bits per heavy atom. The number of benzene rings is 1. The summed E-state index contributed by atoms with van der Waals surface area (Å²) < 4.78 is 5.70. The topological polar surface area (TPSA) is 59.9 Å². The van der Waals surface area contributed by atoms with Gasteiger partial charge in [0, 0.05) is 43.1 Å². The van der Waals surface area contributed by atoms with Crippen LogP contribution in [0.3, 0.4) is 0 Å². The largest absolute Gasteiger partial charge is 0.381 e. The first kappa shape index (κ1) is 16.0. The van der Waals surface area contributed by atoms with Gasteiger partial charge in [0.05, 0.1) is 5.52 Å². The fourth-order valence-corrected chi connectivity index (χ4v) is 2.75. The monoisotopic (exact) mass is 334 g/mol. The molecule has 0 radical (unpaired) electrons. The molecule has 1 aliphatic rings. The van der Waals surface area contributed by atoms with Gasteiger partial charge >= 0.3 is 0 Å². The zero-order valence-corrected chi connectivity index (χ0v) is 14.2. The van der Waals surface area contributed by atoms with Crippen molar-refractivity contribution in [3.63, 3.8) is 0 Å². The Hall–Kier alpha value is -2.53. The van der Waals surface area contributed by atoms with Crippen LogP contribution in [-0.4, -0.2) is 34.7 Å². The van der Waals surface area contributed by atoms with Crippen LogP contribution in [-0.2, 0) is 4.74 Å². The summed E-state index contributed by atoms with van der Waals surface area (Å²) in [7, 11) is 0. The fourth-order valence-electron chi connectivity index (χ4n) is 2.75. The molecule has 5 heteroatoms. The zero-order valence-electron chi connectivity index (χ0n) is 14.2. The van der Waals surface area contributed by atoms with Gasteiger partial charge in [0.1, 0.15) is 5.82 Å². The number of nitrogens with one attached hydrogen (secondary N) is 1. The summed E-state index contributed by atoms with van der Waals surface area (Å²) in [6.07, 6.45) is 7.18. The van der Waals surface area contributed by atoms with Gasteiger partial charge in [-0.1, -0.05) is 12.1 Å². The second kappa shape index (κ2) is 7.57. The van der Waals surface area contributed by atoms with Crippen LogP contribution in [0.2, 0.25) is 0 Å². The molecule has 0 spiro atoms. The van der Waals surface area contributed by atoms with Crippen molar-refractivity contribution >= 4 is 16.7 Å². The zero-order chi connectivity index (χ0) is 16.9. The Kier molecular flexibility index (Phi) is 4.84. The summed E-state index contributed by atoms with van der Waals surface area (Å²) >= 11 is 0. The summed E-state index contributed by atoms with van der Waals surface area (Å²) in [4.78, 5) is 13.6. The van der Waals surface area contributed by atoms with Crippen molar-refractivity contribution in [2.24, 2.45) is 5.92 Å². The highest BCUT2D eigenvalue weighted by Gasteiger charge is 2.20. The van der Waals surface area contributed by atoms with E-state index in [1.54, 1.807) is 12.4 Å². The van der Waals surface area contributed by atoms with E-state index in [-0.39, 0.29) is 0 Å². The van der Waals surface area contributed by atoms with Crippen molar-refractivity contribution in [1.29, 1.82) is 0 Å². The van der Waals surface area contributed by atoms with Crippen molar-refractivity contribution < 1.29 is 4.74 Å². The Bertz CT molecular complexity index is 833. The van der Waals surface area contributed by atoms with Gasteiger partial charge in [0.25, 0.3) is 0 Å². The highest BCUT2D eigenvalue weighted by Crippen LogP contribution is 2.28. The molecule has 4 rings (SSSR count). The molecule has 0 amide bonds. The number of anilines is 1. The normalized spacial score (nSPS) is 13.9. The molecule has 3 aromatic rings. The van der Waals surface area contributed by atoms with Crippen LogP contribution in [0.1, 0.15) is 19.3 Å². The van der Waals surface area contributed by atoms with E-state index in [0.29, 0.717) is 5.82 Å². The number of rotatable bonds is 8. The SMILES string of the molecule is c1cncc(-c2nc(NCCCOCC3CC3)c3ccccc3n2)c1. The van der Waals surface area contributed by atoms with Crippen LogP contribution in [0.15, 0.2) is 48.8 Å². The van der Waals surface area contributed by atoms with Crippen LogP contribution in [0, 0.1) is 5.92 Å². The van der Waals surface area contributed by atoms with E-state index in [2.05, 4.69) is 15.3 Å². The van der Waals surface area contributed by atoms with E-state index < -0.39 is 0 Å². The minimum atomic E-state index is 0.694. The average Bonchev–Trinajstić information content (AvgIpc) is 3.49. The Morgan fingerprint density at radius 1 is 1.08 bits per heavy atom. The van der Waals surface area contributed by atoms with Crippen molar-refractivity contribution in [1.82, 2.24) is 15.0 Å². The van der Waals surface area contributed by atoms with Crippen molar-refractivity contribution in [3.8, 4) is 11.4 Å². The molecule has 2 heterocycles. The van der Waals surface area contributed by atoms with E-state index >= 15 is 0 Å². The molecule has 1 fully saturated rings. The van der Waals surface area contributed by atoms with E-state index in [1.165, 1.54) is 12.8 Å². The molecule has 0 aliphatic heterocycles. The quantitative estimate of drug-likeness (QED) is 0.633. The molecule has 25 heavy (non-hydrogen) atoms. The predicted molar refractivity (Wildman–Crippen MR) is 99.4 cm³/mol. The summed E-state index contributed by atoms with van der Waals surface area (Å²) in [6, 6.07) is 12.0. The smallest absolute Gasteiger partial charge is 0.163 e. The molecule has 0 saturated heterocycles. The summed E-state index contributed by atoms with van der Waals surface area (Å²) in [5, 5.41) is 4.49. The molecule has 0 atom stereocenters. The molecule has 0 bridgehead atoms. The molecule has 1 aromatic carbocycles. The number of pyridine rings is 1. The first-order valence-corrected chi connectivity index (χ1v) is 8.89. The van der Waals surface area contributed by atoms with Gasteiger partial charge in [-0.3, -0.25) is 4.98 Å². The maximum Gasteiger partial charge on any atom is 0.163 e. The van der Waals surface area contributed by atoms with Crippen LogP contribution in [0.25, 0.3) is 22.3 Å². The maximum atomic E-state index is 5.70. The molecule has 1 N–H and O–H groups in total. The number of aromatic nitrogens is 3. The lowest BCUT2D eigenvalue weighted by Crippen LogP contribution is -2.09. The molecular formula is C20H22N4O. The van der Waals surface area contributed by atoms with E-state index in [4.69, 9.17) is 9.72 Å². The van der Waals surface area contributed by atoms with Crippen LogP contribution < -0.4 is 5.32 Å². The van der Waals surface area contributed by atoms with E-state index in [9.17, 15) is 0 Å². The Labute approximate surface area is 147 Å². The van der Waals surface area contributed by atoms with Gasteiger partial charge < -0.3 is 10.1 Å². The molecule has 1 aliphatic carbocycles. The molecular weight excluding hydrogens is 312 g/mol. The number of hydrogen-bond donors (Lipinski definition) is 1. The number of ether oxygens (including phenoxy) is 1. The minimum Gasteiger partial charge on any atom is -0.381 e. The predicted octanol–water partition coefficient (Wildman–Crippen LogP) is 3.92. The fraction of sp³-hybridized carbons (Fsp3) is 0.350. The Balaban J connectivity index is 1.48. The maximum absolute atomic E-state index is 5.70. The Morgan fingerprint density at radius 3 is 2.84 bits per heavy atom. The summed E-state index contributed by atoms with van der Waals surface area (Å²) in [5.74, 6) is 2.38. The number of para-hydroxylation sites is 1. The van der Waals surface area contributed by atoms with Crippen LogP contribution in [0.5, 0.6) is 0 Å². The lowest BCUT2D eigenvalue weighted by atomic mass is 10.2. The summed E-state index contributed by atoms with van der Waals surface area (Å²) in [5.41, 5.74) is 1.85. The van der Waals surface area contributed by atoms with E-state index in [0.717, 1.165) is 54.4 Å². The van der Waals surface area contributed by atoms with Crippen molar-refractivity contribution in [3.05, 3.63) is 48.8 Å². The standard InChI is InChI=1S/C20H22N4O/c1-2-7-18-17(6-1)20(22-11-4-12-25-14-15-8-9-15)24-19(23-18)16-5-3-10-21-13-16/h1-3,5-7,10,13,15H,4,8-9,11-12,14H2,(H,22,23,24). The molecule has 2 aromatic heterocycles. The third-order valence-electron chi connectivity index (χ3n) is 4.33. The van der Waals surface area contributed by atoms with Crippen molar-refractivity contribution in [2.45, 2.75) is 19.3 Å². The third kappa shape index (κ3) is 4.12. The average molecular weight is 334 g/mol. The first-order valence-electron chi connectivity index (χ1n) is 8.89. The van der Waals surface area contributed by atoms with Crippen molar-refractivity contribution in [2.75, 3.05) is 25.1 Å². The highest BCUT2D eigenvalue weighted by atomic mass is 16.5. The van der Waals surface area contributed by atoms with Gasteiger partial charge in [-0.15, -0.1) is 0 Å². The highest BCUT2D eigenvalue weighted by molar-refractivity contribution is 5.90.